The van der Waals surface area contributed by atoms with Crippen LogP contribution in [-0.4, -0.2) is 30.6 Å². The van der Waals surface area contributed by atoms with Crippen molar-refractivity contribution in [3.8, 4) is 6.07 Å². The first-order chi connectivity index (χ1) is 9.83. The first-order valence-corrected chi connectivity index (χ1v) is 7.77. The van der Waals surface area contributed by atoms with E-state index in [1.165, 1.54) is 37.8 Å². The van der Waals surface area contributed by atoms with Gasteiger partial charge in [0.15, 0.2) is 0 Å². The predicted octanol–water partition coefficient (Wildman–Crippen LogP) is 2.91. The Bertz CT molecular complexity index is 433. The van der Waals surface area contributed by atoms with E-state index in [1.54, 1.807) is 0 Å². The predicted molar refractivity (Wildman–Crippen MR) is 82.4 cm³/mol. The second kappa shape index (κ2) is 8.04. The molecule has 0 bridgehead atoms. The Kier molecular flexibility index (Phi) is 6.04. The minimum absolute atomic E-state index is 0.658. The van der Waals surface area contributed by atoms with E-state index in [2.05, 4.69) is 35.3 Å². The lowest BCUT2D eigenvalue weighted by atomic mass is 10.0. The standard InChI is InChI=1S/C17H25N3/c1-2-10-19-13-17-5-3-4-11-20(17)14-16-8-6-15(12-18)7-9-16/h6-9,17,19H,2-5,10-11,13-14H2,1H3. The van der Waals surface area contributed by atoms with Gasteiger partial charge < -0.3 is 5.32 Å². The van der Waals surface area contributed by atoms with E-state index in [0.29, 0.717) is 6.04 Å². The van der Waals surface area contributed by atoms with E-state index in [1.807, 2.05) is 12.1 Å². The number of hydrogen-bond donors (Lipinski definition) is 1. The van der Waals surface area contributed by atoms with Crippen LogP contribution in [0.4, 0.5) is 0 Å². The van der Waals surface area contributed by atoms with Gasteiger partial charge in [0.1, 0.15) is 0 Å². The van der Waals surface area contributed by atoms with Crippen molar-refractivity contribution in [1.29, 1.82) is 5.26 Å². The van der Waals surface area contributed by atoms with Crippen molar-refractivity contribution in [3.63, 3.8) is 0 Å². The van der Waals surface area contributed by atoms with Crippen molar-refractivity contribution >= 4 is 0 Å². The Labute approximate surface area is 122 Å². The summed E-state index contributed by atoms with van der Waals surface area (Å²) in [5.41, 5.74) is 2.06. The van der Waals surface area contributed by atoms with Crippen molar-refractivity contribution in [2.24, 2.45) is 0 Å². The molecule has 1 aliphatic rings. The highest BCUT2D eigenvalue weighted by Crippen LogP contribution is 2.19. The minimum Gasteiger partial charge on any atom is -0.315 e. The number of piperidine rings is 1. The maximum atomic E-state index is 8.84. The van der Waals surface area contributed by atoms with E-state index in [-0.39, 0.29) is 0 Å². The summed E-state index contributed by atoms with van der Waals surface area (Å²) < 4.78 is 0. The first kappa shape index (κ1) is 15.0. The molecule has 1 aromatic rings. The molecule has 1 N–H and O–H groups in total. The number of likely N-dealkylation sites (tertiary alicyclic amines) is 1. The van der Waals surface area contributed by atoms with Crippen molar-refractivity contribution < 1.29 is 0 Å². The fourth-order valence-corrected chi connectivity index (χ4v) is 2.86. The minimum atomic E-state index is 0.658. The molecule has 0 aromatic heterocycles. The van der Waals surface area contributed by atoms with Gasteiger partial charge in [-0.15, -0.1) is 0 Å². The van der Waals surface area contributed by atoms with Gasteiger partial charge in [0.25, 0.3) is 0 Å². The Balaban J connectivity index is 1.91. The van der Waals surface area contributed by atoms with E-state index in [9.17, 15) is 0 Å². The molecule has 0 aliphatic carbocycles. The summed E-state index contributed by atoms with van der Waals surface area (Å²) in [5.74, 6) is 0. The molecule has 108 valence electrons. The summed E-state index contributed by atoms with van der Waals surface area (Å²) in [4.78, 5) is 2.59. The molecule has 1 fully saturated rings. The van der Waals surface area contributed by atoms with Gasteiger partial charge in [0, 0.05) is 19.1 Å². The van der Waals surface area contributed by atoms with Crippen LogP contribution in [0.25, 0.3) is 0 Å². The SMILES string of the molecule is CCCNCC1CCCCN1Cc1ccc(C#N)cc1. The molecular formula is C17H25N3. The van der Waals surface area contributed by atoms with E-state index in [0.717, 1.165) is 25.2 Å². The topological polar surface area (TPSA) is 39.1 Å². The first-order valence-electron chi connectivity index (χ1n) is 7.77. The van der Waals surface area contributed by atoms with E-state index < -0.39 is 0 Å². The fraction of sp³-hybridized carbons (Fsp3) is 0.588. The number of nitrogens with one attached hydrogen (secondary N) is 1. The van der Waals surface area contributed by atoms with Gasteiger partial charge >= 0.3 is 0 Å². The fourth-order valence-electron chi connectivity index (χ4n) is 2.86. The van der Waals surface area contributed by atoms with Crippen LogP contribution < -0.4 is 5.32 Å². The van der Waals surface area contributed by atoms with Gasteiger partial charge in [-0.2, -0.15) is 5.26 Å². The molecule has 1 heterocycles. The second-order valence-corrected chi connectivity index (χ2v) is 5.63. The number of benzene rings is 1. The number of rotatable bonds is 6. The molecule has 1 unspecified atom stereocenters. The smallest absolute Gasteiger partial charge is 0.0991 e. The Morgan fingerprint density at radius 2 is 2.10 bits per heavy atom. The van der Waals surface area contributed by atoms with Crippen LogP contribution in [0.2, 0.25) is 0 Å². The van der Waals surface area contributed by atoms with Crippen molar-refractivity contribution in [3.05, 3.63) is 35.4 Å². The summed E-state index contributed by atoms with van der Waals surface area (Å²) in [5, 5.41) is 12.4. The van der Waals surface area contributed by atoms with Crippen LogP contribution in [-0.2, 0) is 6.54 Å². The van der Waals surface area contributed by atoms with Gasteiger partial charge in [0.2, 0.25) is 0 Å². The number of nitriles is 1. The van der Waals surface area contributed by atoms with Crippen LogP contribution in [0.15, 0.2) is 24.3 Å². The van der Waals surface area contributed by atoms with Crippen molar-refractivity contribution in [2.45, 2.75) is 45.2 Å². The van der Waals surface area contributed by atoms with Crippen LogP contribution >= 0.6 is 0 Å². The highest BCUT2D eigenvalue weighted by Gasteiger charge is 2.21. The third-order valence-corrected chi connectivity index (χ3v) is 4.02. The number of hydrogen-bond acceptors (Lipinski definition) is 3. The molecule has 20 heavy (non-hydrogen) atoms. The quantitative estimate of drug-likeness (QED) is 0.809. The van der Waals surface area contributed by atoms with Gasteiger partial charge in [-0.25, -0.2) is 0 Å². The maximum Gasteiger partial charge on any atom is 0.0991 e. The molecule has 1 saturated heterocycles. The largest absolute Gasteiger partial charge is 0.315 e. The molecule has 3 nitrogen and oxygen atoms in total. The molecule has 0 radical (unpaired) electrons. The molecule has 0 saturated carbocycles. The normalized spacial score (nSPS) is 19.7. The third-order valence-electron chi connectivity index (χ3n) is 4.02. The highest BCUT2D eigenvalue weighted by molar-refractivity contribution is 5.31. The Morgan fingerprint density at radius 3 is 2.80 bits per heavy atom. The zero-order valence-electron chi connectivity index (χ0n) is 12.4. The summed E-state index contributed by atoms with van der Waals surface area (Å²) >= 11 is 0. The molecule has 1 atom stereocenters. The van der Waals surface area contributed by atoms with Gasteiger partial charge in [0.05, 0.1) is 11.6 Å². The lowest BCUT2D eigenvalue weighted by Crippen LogP contribution is -2.45. The molecule has 1 aromatic carbocycles. The molecular weight excluding hydrogens is 246 g/mol. The summed E-state index contributed by atoms with van der Waals surface area (Å²) in [6.45, 7) is 6.62. The van der Waals surface area contributed by atoms with Gasteiger partial charge in [-0.1, -0.05) is 25.5 Å². The van der Waals surface area contributed by atoms with Crippen molar-refractivity contribution in [2.75, 3.05) is 19.6 Å². The van der Waals surface area contributed by atoms with Gasteiger partial charge in [-0.3, -0.25) is 4.90 Å². The third kappa shape index (κ3) is 4.33. The Morgan fingerprint density at radius 1 is 1.30 bits per heavy atom. The second-order valence-electron chi connectivity index (χ2n) is 5.63. The average molecular weight is 271 g/mol. The summed E-state index contributed by atoms with van der Waals surface area (Å²) in [6, 6.07) is 10.9. The highest BCUT2D eigenvalue weighted by atomic mass is 15.2. The molecule has 1 aliphatic heterocycles. The van der Waals surface area contributed by atoms with E-state index in [4.69, 9.17) is 5.26 Å². The molecule has 3 heteroatoms. The molecule has 2 rings (SSSR count). The van der Waals surface area contributed by atoms with E-state index >= 15 is 0 Å². The monoisotopic (exact) mass is 271 g/mol. The van der Waals surface area contributed by atoms with Gasteiger partial charge in [-0.05, 0) is 50.0 Å². The summed E-state index contributed by atoms with van der Waals surface area (Å²) in [6.07, 6.45) is 5.15. The zero-order valence-corrected chi connectivity index (χ0v) is 12.4. The van der Waals surface area contributed by atoms with Crippen LogP contribution in [0.3, 0.4) is 0 Å². The lowest BCUT2D eigenvalue weighted by molar-refractivity contribution is 0.137. The van der Waals surface area contributed by atoms with Crippen molar-refractivity contribution in [1.82, 2.24) is 10.2 Å². The molecule has 0 spiro atoms. The van der Waals surface area contributed by atoms with Crippen LogP contribution in [0.5, 0.6) is 0 Å². The van der Waals surface area contributed by atoms with Crippen LogP contribution in [0, 0.1) is 11.3 Å². The number of nitrogens with zero attached hydrogens (tertiary/aromatic N) is 2. The maximum absolute atomic E-state index is 8.84. The zero-order chi connectivity index (χ0) is 14.2. The Hall–Kier alpha value is -1.37. The average Bonchev–Trinajstić information content (AvgIpc) is 2.50. The summed E-state index contributed by atoms with van der Waals surface area (Å²) in [7, 11) is 0. The van der Waals surface area contributed by atoms with Crippen LogP contribution in [0.1, 0.15) is 43.7 Å². The molecule has 0 amide bonds. The lowest BCUT2D eigenvalue weighted by Gasteiger charge is -2.36.